The quantitative estimate of drug-likeness (QED) is 0.634. The number of fused-ring (bicyclic) bond motifs is 2. The zero-order chi connectivity index (χ0) is 20.7. The fourth-order valence-corrected chi connectivity index (χ4v) is 5.05. The van der Waals surface area contributed by atoms with Crippen molar-refractivity contribution in [2.45, 2.75) is 4.90 Å². The lowest BCUT2D eigenvalue weighted by atomic mass is 10.1. The molecule has 0 fully saturated rings. The van der Waals surface area contributed by atoms with Gasteiger partial charge in [-0.05, 0) is 30.3 Å². The van der Waals surface area contributed by atoms with Crippen molar-refractivity contribution in [1.82, 2.24) is 4.98 Å². The average Bonchev–Trinajstić information content (AvgIpc) is 3.20. The summed E-state index contributed by atoms with van der Waals surface area (Å²) in [6.45, 7) is 0.776. The molecule has 2 aliphatic heterocycles. The number of anilines is 2. The van der Waals surface area contributed by atoms with Gasteiger partial charge in [-0.25, -0.2) is 13.4 Å². The molecule has 0 atom stereocenters. The van der Waals surface area contributed by atoms with E-state index in [1.807, 2.05) is 0 Å². The SMILES string of the molecule is O=C1COc2ccc(-c3csc(NS(=O)(=O)c4ccc5c(c4)OCCO5)n3)cc2N1. The molecule has 0 bridgehead atoms. The summed E-state index contributed by atoms with van der Waals surface area (Å²) in [5.41, 5.74) is 1.85. The molecule has 5 rings (SSSR count). The Bertz CT molecular complexity index is 1250. The van der Waals surface area contributed by atoms with E-state index in [1.54, 1.807) is 29.6 Å². The highest BCUT2D eigenvalue weighted by molar-refractivity contribution is 7.93. The van der Waals surface area contributed by atoms with Gasteiger partial charge in [0, 0.05) is 17.0 Å². The van der Waals surface area contributed by atoms with Crippen LogP contribution in [0, 0.1) is 0 Å². The van der Waals surface area contributed by atoms with E-state index >= 15 is 0 Å². The Labute approximate surface area is 175 Å². The van der Waals surface area contributed by atoms with Gasteiger partial charge in [0.25, 0.3) is 15.9 Å². The molecule has 0 radical (unpaired) electrons. The maximum Gasteiger partial charge on any atom is 0.263 e. The van der Waals surface area contributed by atoms with E-state index in [2.05, 4.69) is 15.0 Å². The molecule has 0 saturated carbocycles. The van der Waals surface area contributed by atoms with Crippen molar-refractivity contribution in [2.75, 3.05) is 29.9 Å². The molecular weight excluding hydrogens is 430 g/mol. The molecule has 0 unspecified atom stereocenters. The molecule has 1 amide bonds. The minimum Gasteiger partial charge on any atom is -0.486 e. The Kier molecular flexibility index (Phi) is 4.48. The minimum atomic E-state index is -3.85. The molecule has 2 N–H and O–H groups in total. The lowest BCUT2D eigenvalue weighted by Gasteiger charge is -2.18. The fourth-order valence-electron chi connectivity index (χ4n) is 3.06. The predicted molar refractivity (Wildman–Crippen MR) is 110 cm³/mol. The maximum absolute atomic E-state index is 12.8. The van der Waals surface area contributed by atoms with Crippen molar-refractivity contribution < 1.29 is 27.4 Å². The second-order valence-electron chi connectivity index (χ2n) is 6.50. The van der Waals surface area contributed by atoms with Crippen LogP contribution >= 0.6 is 11.3 Å². The Morgan fingerprint density at radius 3 is 2.67 bits per heavy atom. The van der Waals surface area contributed by atoms with Crippen molar-refractivity contribution >= 4 is 38.1 Å². The number of carbonyl (C=O) groups is 1. The summed E-state index contributed by atoms with van der Waals surface area (Å²) < 4.78 is 44.2. The van der Waals surface area contributed by atoms with Crippen LogP contribution in [0.3, 0.4) is 0 Å². The Morgan fingerprint density at radius 2 is 1.80 bits per heavy atom. The first kappa shape index (κ1) is 18.7. The van der Waals surface area contributed by atoms with Crippen LogP contribution in [0.25, 0.3) is 11.3 Å². The van der Waals surface area contributed by atoms with Gasteiger partial charge >= 0.3 is 0 Å². The molecule has 11 heteroatoms. The molecule has 9 nitrogen and oxygen atoms in total. The predicted octanol–water partition coefficient (Wildman–Crippen LogP) is 2.71. The van der Waals surface area contributed by atoms with Gasteiger partial charge < -0.3 is 19.5 Å². The topological polar surface area (TPSA) is 116 Å². The van der Waals surface area contributed by atoms with Crippen LogP contribution in [-0.2, 0) is 14.8 Å². The van der Waals surface area contributed by atoms with Crippen LogP contribution in [0.4, 0.5) is 10.8 Å². The summed E-state index contributed by atoms with van der Waals surface area (Å²) in [5.74, 6) is 1.25. The standard InChI is InChI=1S/C19H15N3O6S2/c23-18-9-28-15-3-1-11(7-13(15)20-18)14-10-29-19(21-14)22-30(24,25)12-2-4-16-17(8-12)27-6-5-26-16/h1-4,7-8,10H,5-6,9H2,(H,20,23)(H,21,22). The van der Waals surface area contributed by atoms with E-state index in [1.165, 1.54) is 12.1 Å². The first-order valence-electron chi connectivity index (χ1n) is 8.93. The second kappa shape index (κ2) is 7.18. The van der Waals surface area contributed by atoms with Crippen molar-refractivity contribution in [3.05, 3.63) is 41.8 Å². The number of carbonyl (C=O) groups excluding carboxylic acids is 1. The van der Waals surface area contributed by atoms with Gasteiger partial charge in [0.05, 0.1) is 16.3 Å². The van der Waals surface area contributed by atoms with Gasteiger partial charge in [0.15, 0.2) is 23.2 Å². The highest BCUT2D eigenvalue weighted by atomic mass is 32.2. The number of nitrogens with zero attached hydrogens (tertiary/aromatic N) is 1. The number of nitrogens with one attached hydrogen (secondary N) is 2. The van der Waals surface area contributed by atoms with E-state index in [0.29, 0.717) is 41.8 Å². The van der Waals surface area contributed by atoms with E-state index < -0.39 is 10.0 Å². The summed E-state index contributed by atoms with van der Waals surface area (Å²) in [4.78, 5) is 15.9. The van der Waals surface area contributed by atoms with Crippen molar-refractivity contribution in [3.63, 3.8) is 0 Å². The second-order valence-corrected chi connectivity index (χ2v) is 9.04. The van der Waals surface area contributed by atoms with Crippen LogP contribution in [0.15, 0.2) is 46.7 Å². The van der Waals surface area contributed by atoms with Gasteiger partial charge in [0.1, 0.15) is 19.0 Å². The molecule has 3 aromatic rings. The highest BCUT2D eigenvalue weighted by Gasteiger charge is 2.21. The minimum absolute atomic E-state index is 0.0190. The first-order chi connectivity index (χ1) is 14.5. The summed E-state index contributed by atoms with van der Waals surface area (Å²) in [5, 5.41) is 4.69. The van der Waals surface area contributed by atoms with Gasteiger partial charge in [-0.3, -0.25) is 9.52 Å². The van der Waals surface area contributed by atoms with Gasteiger partial charge in [-0.2, -0.15) is 0 Å². The van der Waals surface area contributed by atoms with E-state index in [9.17, 15) is 13.2 Å². The van der Waals surface area contributed by atoms with Crippen LogP contribution in [-0.4, -0.2) is 39.1 Å². The normalized spacial score (nSPS) is 15.0. The first-order valence-corrected chi connectivity index (χ1v) is 11.3. The molecule has 1 aromatic heterocycles. The average molecular weight is 445 g/mol. The van der Waals surface area contributed by atoms with E-state index in [0.717, 1.165) is 16.9 Å². The Morgan fingerprint density at radius 1 is 1.00 bits per heavy atom. The van der Waals surface area contributed by atoms with Crippen molar-refractivity contribution in [2.24, 2.45) is 0 Å². The third kappa shape index (κ3) is 3.53. The molecule has 3 heterocycles. The number of sulfonamides is 1. The van der Waals surface area contributed by atoms with Gasteiger partial charge in [0.2, 0.25) is 0 Å². The van der Waals surface area contributed by atoms with E-state index in [-0.39, 0.29) is 22.5 Å². The number of amides is 1. The molecule has 30 heavy (non-hydrogen) atoms. The van der Waals surface area contributed by atoms with Crippen molar-refractivity contribution in [3.8, 4) is 28.5 Å². The lowest BCUT2D eigenvalue weighted by Crippen LogP contribution is -2.25. The molecular formula is C19H15N3O6S2. The number of thiazole rings is 1. The number of hydrogen-bond acceptors (Lipinski definition) is 8. The lowest BCUT2D eigenvalue weighted by molar-refractivity contribution is -0.118. The zero-order valence-corrected chi connectivity index (χ0v) is 17.0. The smallest absolute Gasteiger partial charge is 0.263 e. The molecule has 0 aliphatic carbocycles. The third-order valence-electron chi connectivity index (χ3n) is 4.46. The largest absolute Gasteiger partial charge is 0.486 e. The molecule has 2 aromatic carbocycles. The number of aromatic nitrogens is 1. The maximum atomic E-state index is 12.8. The zero-order valence-electron chi connectivity index (χ0n) is 15.4. The van der Waals surface area contributed by atoms with Gasteiger partial charge in [-0.15, -0.1) is 11.3 Å². The van der Waals surface area contributed by atoms with Crippen molar-refractivity contribution in [1.29, 1.82) is 0 Å². The monoisotopic (exact) mass is 445 g/mol. The van der Waals surface area contributed by atoms with Gasteiger partial charge in [-0.1, -0.05) is 0 Å². The highest BCUT2D eigenvalue weighted by Crippen LogP contribution is 2.35. The Balaban J connectivity index is 1.38. The summed E-state index contributed by atoms with van der Waals surface area (Å²) >= 11 is 1.16. The van der Waals surface area contributed by atoms with Crippen LogP contribution in [0.1, 0.15) is 0 Å². The molecule has 0 spiro atoms. The fraction of sp³-hybridized carbons (Fsp3) is 0.158. The summed E-state index contributed by atoms with van der Waals surface area (Å²) in [6, 6.07) is 9.72. The number of benzene rings is 2. The Hall–Kier alpha value is -3.31. The number of rotatable bonds is 4. The molecule has 2 aliphatic rings. The third-order valence-corrected chi connectivity index (χ3v) is 6.68. The molecule has 154 valence electrons. The number of hydrogen-bond donors (Lipinski definition) is 2. The van der Waals surface area contributed by atoms with Crippen LogP contribution in [0.2, 0.25) is 0 Å². The van der Waals surface area contributed by atoms with E-state index in [4.69, 9.17) is 14.2 Å². The summed E-state index contributed by atoms with van der Waals surface area (Å²) in [6.07, 6.45) is 0. The van der Waals surface area contributed by atoms with Crippen LogP contribution in [0.5, 0.6) is 17.2 Å². The summed E-state index contributed by atoms with van der Waals surface area (Å²) in [7, 11) is -3.85. The van der Waals surface area contributed by atoms with Crippen LogP contribution < -0.4 is 24.2 Å². The molecule has 0 saturated heterocycles. The number of ether oxygens (including phenoxy) is 3.